The summed E-state index contributed by atoms with van der Waals surface area (Å²) in [5, 5.41) is 3.24. The zero-order chi connectivity index (χ0) is 16.1. The van der Waals surface area contributed by atoms with E-state index in [1.165, 1.54) is 0 Å². The molecular weight excluding hydrogens is 290 g/mol. The van der Waals surface area contributed by atoms with E-state index in [4.69, 9.17) is 14.2 Å². The maximum atomic E-state index is 6.43. The lowest BCUT2D eigenvalue weighted by atomic mass is 9.92. The third-order valence-electron chi connectivity index (χ3n) is 4.10. The van der Waals surface area contributed by atoms with Crippen LogP contribution in [0.4, 0.5) is 0 Å². The van der Waals surface area contributed by atoms with E-state index in [9.17, 15) is 0 Å². The lowest BCUT2D eigenvalue weighted by Crippen LogP contribution is -2.36. The smallest absolute Gasteiger partial charge is 0.135 e. The summed E-state index contributed by atoms with van der Waals surface area (Å²) in [6, 6.07) is 16.1. The fraction of sp³-hybridized carbons (Fsp3) is 0.368. The van der Waals surface area contributed by atoms with E-state index < -0.39 is 0 Å². The van der Waals surface area contributed by atoms with Crippen LogP contribution in [-0.4, -0.2) is 27.3 Å². The molecule has 122 valence electrons. The van der Waals surface area contributed by atoms with Crippen LogP contribution in [0.1, 0.15) is 17.2 Å². The molecule has 1 aliphatic rings. The molecule has 2 aromatic rings. The molecular formula is C19H23NO3. The zero-order valence-corrected chi connectivity index (χ0v) is 13.6. The molecule has 3 rings (SSSR count). The molecule has 0 saturated carbocycles. The van der Waals surface area contributed by atoms with E-state index in [-0.39, 0.29) is 12.0 Å². The predicted molar refractivity (Wildman–Crippen MR) is 89.9 cm³/mol. The van der Waals surface area contributed by atoms with Crippen molar-refractivity contribution >= 4 is 0 Å². The summed E-state index contributed by atoms with van der Waals surface area (Å²) in [6.45, 7) is 2.03. The van der Waals surface area contributed by atoms with Gasteiger partial charge in [0.15, 0.2) is 0 Å². The quantitative estimate of drug-likeness (QED) is 0.889. The van der Waals surface area contributed by atoms with E-state index in [0.717, 1.165) is 29.2 Å². The summed E-state index contributed by atoms with van der Waals surface area (Å²) >= 11 is 0. The van der Waals surface area contributed by atoms with Crippen molar-refractivity contribution in [2.75, 3.05) is 27.3 Å². The lowest BCUT2D eigenvalue weighted by molar-refractivity contribution is 0.0677. The van der Waals surface area contributed by atoms with Crippen LogP contribution in [0.25, 0.3) is 0 Å². The van der Waals surface area contributed by atoms with Crippen LogP contribution in [0.3, 0.4) is 0 Å². The van der Waals surface area contributed by atoms with Gasteiger partial charge in [0.05, 0.1) is 13.2 Å². The van der Waals surface area contributed by atoms with Gasteiger partial charge in [0.2, 0.25) is 0 Å². The lowest BCUT2D eigenvalue weighted by Gasteiger charge is -2.34. The van der Waals surface area contributed by atoms with E-state index >= 15 is 0 Å². The maximum Gasteiger partial charge on any atom is 0.135 e. The van der Waals surface area contributed by atoms with Crippen molar-refractivity contribution in [1.82, 2.24) is 5.32 Å². The van der Waals surface area contributed by atoms with Crippen LogP contribution in [0.5, 0.6) is 11.5 Å². The van der Waals surface area contributed by atoms with Gasteiger partial charge in [-0.05, 0) is 19.2 Å². The molecule has 1 N–H and O–H groups in total. The van der Waals surface area contributed by atoms with Crippen LogP contribution in [0.15, 0.2) is 48.5 Å². The van der Waals surface area contributed by atoms with E-state index in [0.29, 0.717) is 13.2 Å². The second kappa shape index (κ2) is 7.49. The summed E-state index contributed by atoms with van der Waals surface area (Å²) < 4.78 is 17.6. The van der Waals surface area contributed by atoms with Crippen LogP contribution in [0, 0.1) is 5.92 Å². The third kappa shape index (κ3) is 3.49. The molecule has 0 amide bonds. The minimum absolute atomic E-state index is 0.0367. The van der Waals surface area contributed by atoms with Crippen molar-refractivity contribution in [2.45, 2.75) is 12.7 Å². The fourth-order valence-electron chi connectivity index (χ4n) is 3.00. The second-order valence-corrected chi connectivity index (χ2v) is 5.75. The number of methoxy groups -OCH3 is 1. The SMILES string of the molecule is CNC[C@@H]1COc2ccccc2[C@@H]1Oc1ccccc1COC. The van der Waals surface area contributed by atoms with Crippen molar-refractivity contribution < 1.29 is 14.2 Å². The van der Waals surface area contributed by atoms with Gasteiger partial charge in [-0.25, -0.2) is 0 Å². The highest BCUT2D eigenvalue weighted by Crippen LogP contribution is 2.39. The Labute approximate surface area is 137 Å². The predicted octanol–water partition coefficient (Wildman–Crippen LogP) is 3.18. The Kier molecular flexibility index (Phi) is 5.16. The van der Waals surface area contributed by atoms with Crippen molar-refractivity contribution in [1.29, 1.82) is 0 Å². The molecule has 2 aromatic carbocycles. The number of benzene rings is 2. The van der Waals surface area contributed by atoms with Gasteiger partial charge in [-0.1, -0.05) is 36.4 Å². The molecule has 4 nitrogen and oxygen atoms in total. The Balaban J connectivity index is 1.92. The molecule has 0 aliphatic carbocycles. The average molecular weight is 313 g/mol. The van der Waals surface area contributed by atoms with Gasteiger partial charge >= 0.3 is 0 Å². The molecule has 4 heteroatoms. The molecule has 0 unspecified atom stereocenters. The van der Waals surface area contributed by atoms with Crippen LogP contribution < -0.4 is 14.8 Å². The first kappa shape index (κ1) is 15.8. The summed E-state index contributed by atoms with van der Waals surface area (Å²) in [5.41, 5.74) is 2.16. The number of nitrogens with one attached hydrogen (secondary N) is 1. The van der Waals surface area contributed by atoms with Crippen LogP contribution in [0.2, 0.25) is 0 Å². The highest BCUT2D eigenvalue weighted by Gasteiger charge is 2.32. The summed E-state index contributed by atoms with van der Waals surface area (Å²) in [4.78, 5) is 0. The van der Waals surface area contributed by atoms with Crippen molar-refractivity contribution in [3.8, 4) is 11.5 Å². The number of para-hydroxylation sites is 2. The zero-order valence-electron chi connectivity index (χ0n) is 13.6. The first-order chi connectivity index (χ1) is 11.3. The maximum absolute atomic E-state index is 6.43. The van der Waals surface area contributed by atoms with Crippen LogP contribution >= 0.6 is 0 Å². The summed E-state index contributed by atoms with van der Waals surface area (Å²) in [5.74, 6) is 2.04. The van der Waals surface area contributed by atoms with E-state index in [1.807, 2.05) is 49.5 Å². The molecule has 0 fully saturated rings. The topological polar surface area (TPSA) is 39.7 Å². The molecule has 0 bridgehead atoms. The highest BCUT2D eigenvalue weighted by atomic mass is 16.5. The summed E-state index contributed by atoms with van der Waals surface area (Å²) in [7, 11) is 3.65. The van der Waals surface area contributed by atoms with Crippen molar-refractivity contribution in [3.63, 3.8) is 0 Å². The minimum Gasteiger partial charge on any atom is -0.493 e. The molecule has 1 aliphatic heterocycles. The molecule has 23 heavy (non-hydrogen) atoms. The first-order valence-electron chi connectivity index (χ1n) is 7.93. The largest absolute Gasteiger partial charge is 0.493 e. The first-order valence-corrected chi connectivity index (χ1v) is 7.93. The normalized spacial score (nSPS) is 19.7. The van der Waals surface area contributed by atoms with E-state index in [1.54, 1.807) is 7.11 Å². The van der Waals surface area contributed by atoms with Crippen molar-refractivity contribution in [2.24, 2.45) is 5.92 Å². The van der Waals surface area contributed by atoms with Gasteiger partial charge in [0, 0.05) is 30.7 Å². The highest BCUT2D eigenvalue weighted by molar-refractivity contribution is 5.39. The van der Waals surface area contributed by atoms with Gasteiger partial charge in [-0.3, -0.25) is 0 Å². The average Bonchev–Trinajstić information content (AvgIpc) is 2.59. The number of hydrogen-bond donors (Lipinski definition) is 1. The van der Waals surface area contributed by atoms with Gasteiger partial charge in [-0.2, -0.15) is 0 Å². The Morgan fingerprint density at radius 3 is 2.74 bits per heavy atom. The number of hydrogen-bond acceptors (Lipinski definition) is 4. The monoisotopic (exact) mass is 313 g/mol. The van der Waals surface area contributed by atoms with Crippen LogP contribution in [-0.2, 0) is 11.3 Å². The van der Waals surface area contributed by atoms with Crippen molar-refractivity contribution in [3.05, 3.63) is 59.7 Å². The summed E-state index contributed by atoms with van der Waals surface area (Å²) in [6.07, 6.45) is -0.0367. The molecule has 0 aromatic heterocycles. The Hall–Kier alpha value is -2.04. The van der Waals surface area contributed by atoms with Gasteiger partial charge < -0.3 is 19.5 Å². The number of rotatable bonds is 6. The number of fused-ring (bicyclic) bond motifs is 1. The minimum atomic E-state index is -0.0367. The molecule has 2 atom stereocenters. The molecule has 0 spiro atoms. The Bertz CT molecular complexity index is 644. The molecule has 0 saturated heterocycles. The standard InChI is InChI=1S/C19H23NO3/c1-20-11-15-13-22-18-10-6-4-8-16(18)19(15)23-17-9-5-3-7-14(17)12-21-2/h3-10,15,19-20H,11-13H2,1-2H3/t15-,19-/m1/s1. The molecule has 1 heterocycles. The molecule has 0 radical (unpaired) electrons. The van der Waals surface area contributed by atoms with Gasteiger partial charge in [0.25, 0.3) is 0 Å². The fourth-order valence-corrected chi connectivity index (χ4v) is 3.00. The number of ether oxygens (including phenoxy) is 3. The third-order valence-corrected chi connectivity index (χ3v) is 4.10. The van der Waals surface area contributed by atoms with Gasteiger partial charge in [0.1, 0.15) is 17.6 Å². The Morgan fingerprint density at radius 1 is 1.13 bits per heavy atom. The Morgan fingerprint density at radius 2 is 1.91 bits per heavy atom. The van der Waals surface area contributed by atoms with Gasteiger partial charge in [-0.15, -0.1) is 0 Å². The second-order valence-electron chi connectivity index (χ2n) is 5.75. The van der Waals surface area contributed by atoms with E-state index in [2.05, 4.69) is 11.4 Å².